The van der Waals surface area contributed by atoms with Crippen molar-refractivity contribution in [1.82, 2.24) is 9.29 Å². The van der Waals surface area contributed by atoms with Crippen LogP contribution in [-0.2, 0) is 10.0 Å². The Kier molecular flexibility index (Phi) is 8.20. The average molecular weight is 477 g/mol. The minimum Gasteiger partial charge on any atom is -0.253 e. The Morgan fingerprint density at radius 1 is 1.13 bits per heavy atom. The molecular weight excluding hydrogens is 452 g/mol. The molecule has 0 saturated carbocycles. The van der Waals surface area contributed by atoms with Gasteiger partial charge in [-0.25, -0.2) is 13.4 Å². The van der Waals surface area contributed by atoms with Gasteiger partial charge >= 0.3 is 0 Å². The molecule has 1 aromatic heterocycles. The highest BCUT2D eigenvalue weighted by atomic mass is 35.5. The summed E-state index contributed by atoms with van der Waals surface area (Å²) in [5, 5.41) is 7.28. The van der Waals surface area contributed by atoms with E-state index in [1.165, 1.54) is 11.3 Å². The molecule has 3 rings (SSSR count). The molecule has 31 heavy (non-hydrogen) atoms. The van der Waals surface area contributed by atoms with E-state index < -0.39 is 10.0 Å². The number of hydrazone groups is 1. The minimum absolute atomic E-state index is 0.283. The van der Waals surface area contributed by atoms with Gasteiger partial charge < -0.3 is 0 Å². The maximum absolute atomic E-state index is 13.1. The lowest BCUT2D eigenvalue weighted by Gasteiger charge is -2.21. The zero-order chi connectivity index (χ0) is 22.3. The predicted octanol–water partition coefficient (Wildman–Crippen LogP) is 5.72. The summed E-state index contributed by atoms with van der Waals surface area (Å²) in [4.78, 5) is 4.81. The first-order valence-corrected chi connectivity index (χ1v) is 12.7. The Morgan fingerprint density at radius 2 is 1.87 bits per heavy atom. The molecule has 6 nitrogen and oxygen atoms in total. The molecule has 0 saturated heterocycles. The Bertz CT molecular complexity index is 1140. The molecule has 0 aliphatic rings. The molecule has 164 valence electrons. The smallest absolute Gasteiger partial charge is 0.243 e. The van der Waals surface area contributed by atoms with Crippen molar-refractivity contribution in [3.8, 4) is 11.3 Å². The van der Waals surface area contributed by atoms with E-state index in [2.05, 4.69) is 15.5 Å². The number of hydrogen-bond acceptors (Lipinski definition) is 6. The Labute approximate surface area is 192 Å². The van der Waals surface area contributed by atoms with Crippen molar-refractivity contribution in [3.05, 3.63) is 64.5 Å². The second-order valence-corrected chi connectivity index (χ2v) is 10.1. The van der Waals surface area contributed by atoms with Gasteiger partial charge in [0.25, 0.3) is 0 Å². The summed E-state index contributed by atoms with van der Waals surface area (Å²) in [6.07, 6.45) is 3.18. The highest BCUT2D eigenvalue weighted by molar-refractivity contribution is 7.89. The summed E-state index contributed by atoms with van der Waals surface area (Å²) in [6, 6.07) is 14.3. The second kappa shape index (κ2) is 10.9. The maximum atomic E-state index is 13.1. The van der Waals surface area contributed by atoms with Gasteiger partial charge in [0.2, 0.25) is 15.2 Å². The SMILES string of the molecule is CCCN(CCC)S(=O)(=O)c1cccc(-c2csc(N/N=C/c3ccccc3Cl)n2)c1. The van der Waals surface area contributed by atoms with E-state index in [-0.39, 0.29) is 4.90 Å². The molecular formula is C22H25ClN4O2S2. The second-order valence-electron chi connectivity index (χ2n) is 6.86. The number of aromatic nitrogens is 1. The summed E-state index contributed by atoms with van der Waals surface area (Å²) in [7, 11) is -3.54. The topological polar surface area (TPSA) is 74.7 Å². The number of nitrogens with zero attached hydrogens (tertiary/aromatic N) is 3. The van der Waals surface area contributed by atoms with Gasteiger partial charge in [-0.2, -0.15) is 9.41 Å². The number of sulfonamides is 1. The monoisotopic (exact) mass is 476 g/mol. The molecule has 0 spiro atoms. The van der Waals surface area contributed by atoms with E-state index in [4.69, 9.17) is 11.6 Å². The molecule has 3 aromatic rings. The van der Waals surface area contributed by atoms with E-state index in [0.29, 0.717) is 28.9 Å². The van der Waals surface area contributed by atoms with Crippen molar-refractivity contribution in [2.24, 2.45) is 5.10 Å². The summed E-state index contributed by atoms with van der Waals surface area (Å²) < 4.78 is 27.7. The first-order valence-electron chi connectivity index (χ1n) is 10.1. The fourth-order valence-corrected chi connectivity index (χ4v) is 5.53. The molecule has 0 bridgehead atoms. The normalized spacial score (nSPS) is 12.0. The number of hydrogen-bond donors (Lipinski definition) is 1. The third-order valence-electron chi connectivity index (χ3n) is 4.49. The molecule has 0 aliphatic heterocycles. The lowest BCUT2D eigenvalue weighted by molar-refractivity contribution is 0.410. The van der Waals surface area contributed by atoms with Crippen LogP contribution in [0, 0.1) is 0 Å². The van der Waals surface area contributed by atoms with Gasteiger partial charge in [-0.15, -0.1) is 11.3 Å². The van der Waals surface area contributed by atoms with Gasteiger partial charge in [0, 0.05) is 34.6 Å². The number of anilines is 1. The van der Waals surface area contributed by atoms with Gasteiger partial charge in [0.1, 0.15) is 0 Å². The number of halogens is 1. The standard InChI is InChI=1S/C22H25ClN4O2S2/c1-3-12-27(13-4-2)31(28,29)19-10-7-9-17(14-19)21-16-30-22(25-21)26-24-15-18-8-5-6-11-20(18)23/h5-11,14-16H,3-4,12-13H2,1-2H3,(H,25,26)/b24-15+. The number of benzene rings is 2. The maximum Gasteiger partial charge on any atom is 0.243 e. The van der Waals surface area contributed by atoms with Crippen LogP contribution in [0.4, 0.5) is 5.13 Å². The zero-order valence-electron chi connectivity index (χ0n) is 17.5. The highest BCUT2D eigenvalue weighted by Crippen LogP contribution is 2.28. The van der Waals surface area contributed by atoms with Gasteiger partial charge in [-0.3, -0.25) is 5.43 Å². The summed E-state index contributed by atoms with van der Waals surface area (Å²) >= 11 is 7.51. The van der Waals surface area contributed by atoms with Crippen LogP contribution in [0.15, 0.2) is 63.9 Å². The van der Waals surface area contributed by atoms with Crippen molar-refractivity contribution in [1.29, 1.82) is 0 Å². The third kappa shape index (κ3) is 5.92. The van der Waals surface area contributed by atoms with E-state index >= 15 is 0 Å². The van der Waals surface area contributed by atoms with Gasteiger partial charge in [0.15, 0.2) is 0 Å². The molecule has 2 aromatic carbocycles. The van der Waals surface area contributed by atoms with Crippen LogP contribution in [0.2, 0.25) is 5.02 Å². The van der Waals surface area contributed by atoms with Crippen LogP contribution in [0.1, 0.15) is 32.3 Å². The summed E-state index contributed by atoms with van der Waals surface area (Å²) in [6.45, 7) is 4.97. The summed E-state index contributed by atoms with van der Waals surface area (Å²) in [5.74, 6) is 0. The number of nitrogens with one attached hydrogen (secondary N) is 1. The van der Waals surface area contributed by atoms with Crippen LogP contribution >= 0.6 is 22.9 Å². The Morgan fingerprint density at radius 3 is 2.58 bits per heavy atom. The first kappa shape index (κ1) is 23.4. The molecule has 9 heteroatoms. The van der Waals surface area contributed by atoms with Crippen molar-refractivity contribution < 1.29 is 8.42 Å². The molecule has 0 fully saturated rings. The van der Waals surface area contributed by atoms with Crippen LogP contribution in [-0.4, -0.2) is 37.0 Å². The minimum atomic E-state index is -3.54. The summed E-state index contributed by atoms with van der Waals surface area (Å²) in [5.41, 5.74) is 5.13. The molecule has 0 radical (unpaired) electrons. The lowest BCUT2D eigenvalue weighted by atomic mass is 10.2. The molecule has 0 aliphatic carbocycles. The number of thiazole rings is 1. The Hall–Kier alpha value is -2.26. The quantitative estimate of drug-likeness (QED) is 0.300. The van der Waals surface area contributed by atoms with E-state index in [1.54, 1.807) is 34.8 Å². The van der Waals surface area contributed by atoms with Crippen LogP contribution in [0.25, 0.3) is 11.3 Å². The zero-order valence-corrected chi connectivity index (χ0v) is 19.8. The van der Waals surface area contributed by atoms with Crippen molar-refractivity contribution in [2.75, 3.05) is 18.5 Å². The molecule has 0 unspecified atom stereocenters. The predicted molar refractivity (Wildman–Crippen MR) is 130 cm³/mol. The molecule has 1 heterocycles. The van der Waals surface area contributed by atoms with Gasteiger partial charge in [0.05, 0.1) is 16.8 Å². The first-order chi connectivity index (χ1) is 15.0. The van der Waals surface area contributed by atoms with Crippen molar-refractivity contribution in [3.63, 3.8) is 0 Å². The molecule has 0 atom stereocenters. The average Bonchev–Trinajstić information content (AvgIpc) is 3.24. The highest BCUT2D eigenvalue weighted by Gasteiger charge is 2.23. The van der Waals surface area contributed by atoms with Crippen LogP contribution < -0.4 is 5.43 Å². The largest absolute Gasteiger partial charge is 0.253 e. The van der Waals surface area contributed by atoms with E-state index in [0.717, 1.165) is 24.0 Å². The lowest BCUT2D eigenvalue weighted by Crippen LogP contribution is -2.32. The Balaban J connectivity index is 1.77. The fourth-order valence-electron chi connectivity index (χ4n) is 3.01. The van der Waals surface area contributed by atoms with Gasteiger partial charge in [-0.1, -0.05) is 55.8 Å². The van der Waals surface area contributed by atoms with Crippen molar-refractivity contribution in [2.45, 2.75) is 31.6 Å². The van der Waals surface area contributed by atoms with E-state index in [1.807, 2.05) is 43.5 Å². The molecule has 1 N–H and O–H groups in total. The van der Waals surface area contributed by atoms with Crippen molar-refractivity contribution >= 4 is 44.3 Å². The van der Waals surface area contributed by atoms with Crippen LogP contribution in [0.5, 0.6) is 0 Å². The van der Waals surface area contributed by atoms with Gasteiger partial charge in [-0.05, 0) is 31.0 Å². The van der Waals surface area contributed by atoms with E-state index in [9.17, 15) is 8.42 Å². The number of rotatable bonds is 10. The van der Waals surface area contributed by atoms with Crippen LogP contribution in [0.3, 0.4) is 0 Å². The fraction of sp³-hybridized carbons (Fsp3) is 0.273. The molecule has 0 amide bonds. The third-order valence-corrected chi connectivity index (χ3v) is 7.47.